The SMILES string of the molecule is CC1(C)CCC[C@@]2(C)[C@@H]3CC[C@@H]4C[C@@]3(CC[C@@H]12)C[C@@]4(O)COC(=O)c1cc2c(c3c1c(N([O-])O)cc1ccccc13)OCO2. The molecule has 0 radical (unpaired) electrons. The molecule has 2 N–H and O–H groups in total. The van der Waals surface area contributed by atoms with Gasteiger partial charge in [0.1, 0.15) is 12.2 Å². The topological polar surface area (TPSA) is 112 Å². The van der Waals surface area contributed by atoms with Crippen molar-refractivity contribution < 1.29 is 29.3 Å². The predicted molar refractivity (Wildman–Crippen MR) is 167 cm³/mol. The molecule has 2 bridgehead atoms. The van der Waals surface area contributed by atoms with Crippen molar-refractivity contribution in [2.75, 3.05) is 18.6 Å². The van der Waals surface area contributed by atoms with Gasteiger partial charge in [-0.3, -0.25) is 5.21 Å². The molecule has 4 saturated carbocycles. The molecule has 1 aliphatic heterocycles. The Hall–Kier alpha value is -3.07. The van der Waals surface area contributed by atoms with Crippen LogP contribution in [0, 0.1) is 39.2 Å². The smallest absolute Gasteiger partial charge is 0.339 e. The van der Waals surface area contributed by atoms with Crippen molar-refractivity contribution in [2.24, 2.45) is 34.0 Å². The van der Waals surface area contributed by atoms with Crippen molar-refractivity contribution in [1.82, 2.24) is 0 Å². The Morgan fingerprint density at radius 2 is 1.86 bits per heavy atom. The maximum Gasteiger partial charge on any atom is 0.339 e. The van der Waals surface area contributed by atoms with Crippen molar-refractivity contribution in [3.8, 4) is 11.5 Å². The largest absolute Gasteiger partial charge is 0.733 e. The van der Waals surface area contributed by atoms with Crippen LogP contribution in [-0.2, 0) is 4.74 Å². The van der Waals surface area contributed by atoms with E-state index in [-0.39, 0.29) is 52.0 Å². The number of rotatable bonds is 4. The molecule has 8 heteroatoms. The summed E-state index contributed by atoms with van der Waals surface area (Å²) in [5, 5.41) is 36.8. The molecule has 6 atom stereocenters. The van der Waals surface area contributed by atoms with Crippen LogP contribution in [-0.4, -0.2) is 35.3 Å². The van der Waals surface area contributed by atoms with E-state index in [2.05, 4.69) is 20.8 Å². The van der Waals surface area contributed by atoms with Crippen molar-refractivity contribution in [3.63, 3.8) is 0 Å². The Morgan fingerprint density at radius 3 is 2.68 bits per heavy atom. The molecule has 0 aromatic heterocycles. The molecule has 3 aromatic carbocycles. The van der Waals surface area contributed by atoms with E-state index in [1.165, 1.54) is 31.7 Å². The Labute approximate surface area is 257 Å². The molecule has 4 fully saturated rings. The van der Waals surface area contributed by atoms with Crippen LogP contribution in [0.15, 0.2) is 36.4 Å². The van der Waals surface area contributed by atoms with Crippen LogP contribution in [0.2, 0.25) is 0 Å². The minimum Gasteiger partial charge on any atom is -0.733 e. The highest BCUT2D eigenvalue weighted by molar-refractivity contribution is 6.22. The van der Waals surface area contributed by atoms with Gasteiger partial charge in [-0.25, -0.2) is 4.79 Å². The summed E-state index contributed by atoms with van der Waals surface area (Å²) in [6, 6.07) is 10.5. The number of fused-ring (bicyclic) bond motifs is 8. The molecule has 0 amide bonds. The first kappa shape index (κ1) is 28.4. The highest BCUT2D eigenvalue weighted by atomic mass is 16.8. The third kappa shape index (κ3) is 3.89. The number of hydrogen-bond donors (Lipinski definition) is 2. The van der Waals surface area contributed by atoms with Crippen molar-refractivity contribution >= 4 is 33.2 Å². The zero-order valence-electron chi connectivity index (χ0n) is 25.9. The molecule has 1 heterocycles. The minimum atomic E-state index is -1.10. The van der Waals surface area contributed by atoms with Gasteiger partial charge in [-0.2, -0.15) is 0 Å². The Morgan fingerprint density at radius 1 is 1.05 bits per heavy atom. The summed E-state index contributed by atoms with van der Waals surface area (Å²) in [7, 11) is 0. The molecule has 44 heavy (non-hydrogen) atoms. The molecule has 5 aliphatic rings. The lowest BCUT2D eigenvalue weighted by Crippen LogP contribution is -2.55. The highest BCUT2D eigenvalue weighted by Gasteiger charge is 2.67. The molecule has 4 aliphatic carbocycles. The molecular weight excluding hydrogens is 558 g/mol. The Bertz CT molecular complexity index is 1680. The first-order chi connectivity index (χ1) is 21.0. The molecule has 0 saturated heterocycles. The second kappa shape index (κ2) is 9.47. The van der Waals surface area contributed by atoms with Gasteiger partial charge in [0.25, 0.3) is 0 Å². The van der Waals surface area contributed by atoms with Crippen molar-refractivity contribution in [1.29, 1.82) is 0 Å². The van der Waals surface area contributed by atoms with Crippen LogP contribution in [0.5, 0.6) is 11.5 Å². The highest BCUT2D eigenvalue weighted by Crippen LogP contribution is 2.73. The molecule has 0 unspecified atom stereocenters. The summed E-state index contributed by atoms with van der Waals surface area (Å²) in [5.41, 5.74) is -0.367. The lowest BCUT2D eigenvalue weighted by Gasteiger charge is -2.64. The fraction of sp³-hybridized carbons (Fsp3) is 0.583. The number of esters is 1. The fourth-order valence-corrected chi connectivity index (χ4v) is 11.3. The van der Waals surface area contributed by atoms with E-state index >= 15 is 0 Å². The molecule has 8 nitrogen and oxygen atoms in total. The van der Waals surface area contributed by atoms with Crippen LogP contribution in [0.25, 0.3) is 21.5 Å². The van der Waals surface area contributed by atoms with E-state index in [0.717, 1.165) is 31.1 Å². The third-order valence-electron chi connectivity index (χ3n) is 12.9. The standard InChI is InChI=1S/C36H42NO7/c1-33(2)12-6-13-34(3)27(33)11-14-35-17-22(9-10-28(34)35)36(39,18-35)19-42-32(38)24-16-26-31(44-20-43-26)30-23-8-5-4-7-21(23)15-25(29(24)30)37(40)41/h4-5,7-8,15-16,22,27-28,39-40H,6,9-14,17-20H2,1-3H3/q-1/t22-,27+,28+,34-,35+,36-/m1/s1. The van der Waals surface area contributed by atoms with Gasteiger partial charge in [0.15, 0.2) is 11.5 Å². The van der Waals surface area contributed by atoms with Crippen LogP contribution < -0.4 is 14.7 Å². The average molecular weight is 601 g/mol. The van der Waals surface area contributed by atoms with Gasteiger partial charge in [-0.1, -0.05) is 51.5 Å². The number of carbonyl (C=O) groups excluding carboxylic acids is 1. The monoisotopic (exact) mass is 600 g/mol. The van der Waals surface area contributed by atoms with E-state index in [1.807, 2.05) is 24.3 Å². The average Bonchev–Trinajstić information content (AvgIpc) is 3.54. The minimum absolute atomic E-state index is 0.0245. The zero-order chi connectivity index (χ0) is 30.6. The molecule has 1 spiro atoms. The Balaban J connectivity index is 1.12. The summed E-state index contributed by atoms with van der Waals surface area (Å²) in [6.07, 6.45) is 9.89. The lowest BCUT2D eigenvalue weighted by molar-refractivity contribution is -0.145. The number of carbonyl (C=O) groups is 1. The van der Waals surface area contributed by atoms with Gasteiger partial charge < -0.3 is 29.8 Å². The van der Waals surface area contributed by atoms with Gasteiger partial charge in [-0.15, -0.1) is 0 Å². The summed E-state index contributed by atoms with van der Waals surface area (Å²) in [6.45, 7) is 7.33. The number of aliphatic hydroxyl groups is 1. The third-order valence-corrected chi connectivity index (χ3v) is 12.9. The second-order valence-electron chi connectivity index (χ2n) is 15.5. The summed E-state index contributed by atoms with van der Waals surface area (Å²) in [4.78, 5) is 13.9. The number of hydrogen-bond acceptors (Lipinski definition) is 8. The molecule has 8 rings (SSSR count). The van der Waals surface area contributed by atoms with Crippen molar-refractivity contribution in [2.45, 2.75) is 84.2 Å². The van der Waals surface area contributed by atoms with Crippen molar-refractivity contribution in [3.05, 3.63) is 47.2 Å². The summed E-state index contributed by atoms with van der Waals surface area (Å²) >= 11 is 0. The number of benzene rings is 3. The van der Waals surface area contributed by atoms with Gasteiger partial charge in [0.2, 0.25) is 6.79 Å². The van der Waals surface area contributed by atoms with Crippen LogP contribution >= 0.6 is 0 Å². The normalized spacial score (nSPS) is 34.9. The first-order valence-corrected chi connectivity index (χ1v) is 16.3. The number of nitrogens with zero attached hydrogens (tertiary/aromatic N) is 1. The summed E-state index contributed by atoms with van der Waals surface area (Å²) < 4.78 is 17.5. The number of anilines is 1. The fourth-order valence-electron chi connectivity index (χ4n) is 11.3. The van der Waals surface area contributed by atoms with E-state index in [1.54, 1.807) is 6.07 Å². The van der Waals surface area contributed by atoms with E-state index in [9.17, 15) is 20.3 Å². The quantitative estimate of drug-likeness (QED) is 0.178. The van der Waals surface area contributed by atoms with Gasteiger partial charge >= 0.3 is 5.97 Å². The van der Waals surface area contributed by atoms with Crippen LogP contribution in [0.3, 0.4) is 0 Å². The molecule has 3 aromatic rings. The van der Waals surface area contributed by atoms with Gasteiger partial charge in [0.05, 0.1) is 11.3 Å². The molecular formula is C36H42NO7-. The summed E-state index contributed by atoms with van der Waals surface area (Å²) in [5.74, 6) is 1.50. The van der Waals surface area contributed by atoms with Crippen LogP contribution in [0.1, 0.15) is 88.9 Å². The maximum absolute atomic E-state index is 13.9. The first-order valence-electron chi connectivity index (χ1n) is 16.3. The Kier molecular flexibility index (Phi) is 6.12. The van der Waals surface area contributed by atoms with Gasteiger partial charge in [-0.05, 0) is 108 Å². The second-order valence-corrected chi connectivity index (χ2v) is 15.5. The van der Waals surface area contributed by atoms with E-state index in [0.29, 0.717) is 45.9 Å². The van der Waals surface area contributed by atoms with E-state index < -0.39 is 11.6 Å². The van der Waals surface area contributed by atoms with E-state index in [4.69, 9.17) is 14.2 Å². The van der Waals surface area contributed by atoms with Crippen LogP contribution in [0.4, 0.5) is 5.69 Å². The predicted octanol–water partition coefficient (Wildman–Crippen LogP) is 7.74. The maximum atomic E-state index is 13.9. The molecule has 234 valence electrons. The number of ether oxygens (including phenoxy) is 3. The lowest BCUT2D eigenvalue weighted by atomic mass is 9.41. The van der Waals surface area contributed by atoms with Gasteiger partial charge in [0, 0.05) is 10.8 Å². The zero-order valence-corrected chi connectivity index (χ0v) is 25.9.